The van der Waals surface area contributed by atoms with Gasteiger partial charge in [0, 0.05) is 12.3 Å². The molecule has 4 heterocycles. The Morgan fingerprint density at radius 1 is 1.00 bits per heavy atom. The highest BCUT2D eigenvalue weighted by molar-refractivity contribution is 7.99. The van der Waals surface area contributed by atoms with Crippen molar-refractivity contribution in [2.45, 2.75) is 25.5 Å². The van der Waals surface area contributed by atoms with Crippen LogP contribution in [0.2, 0.25) is 0 Å². The molecule has 0 fully saturated rings. The molecule has 1 N–H and O–H groups in total. The summed E-state index contributed by atoms with van der Waals surface area (Å²) in [5.74, 6) is 2.37. The number of amides is 1. The summed E-state index contributed by atoms with van der Waals surface area (Å²) >= 11 is 1.30. The molecule has 4 aromatic heterocycles. The first-order chi connectivity index (χ1) is 19.1. The highest BCUT2D eigenvalue weighted by atomic mass is 32.2. The van der Waals surface area contributed by atoms with Crippen molar-refractivity contribution in [2.24, 2.45) is 0 Å². The van der Waals surface area contributed by atoms with E-state index < -0.39 is 0 Å². The average Bonchev–Trinajstić information content (AvgIpc) is 3.65. The lowest BCUT2D eigenvalue weighted by Gasteiger charge is -2.14. The number of carbonyl (C=O) groups is 1. The third-order valence-corrected chi connectivity index (χ3v) is 7.06. The minimum absolute atomic E-state index is 0.128. The Bertz CT molecular complexity index is 1770. The monoisotopic (exact) mass is 536 g/mol. The van der Waals surface area contributed by atoms with Gasteiger partial charge in [-0.3, -0.25) is 14.3 Å². The van der Waals surface area contributed by atoms with Crippen LogP contribution in [-0.4, -0.2) is 46.1 Å². The molecule has 0 aliphatic carbocycles. The van der Waals surface area contributed by atoms with Gasteiger partial charge in [-0.25, -0.2) is 4.98 Å². The number of para-hydroxylation sites is 3. The number of imidazole rings is 1. The van der Waals surface area contributed by atoms with Crippen LogP contribution in [0.4, 0.5) is 5.82 Å². The Hall–Kier alpha value is -4.77. The van der Waals surface area contributed by atoms with Gasteiger partial charge in [-0.2, -0.15) is 0 Å². The lowest BCUT2D eigenvalue weighted by molar-refractivity contribution is -0.113. The van der Waals surface area contributed by atoms with Crippen molar-refractivity contribution in [1.82, 2.24) is 34.5 Å². The molecule has 0 radical (unpaired) electrons. The van der Waals surface area contributed by atoms with Gasteiger partial charge in [0.1, 0.15) is 11.5 Å². The topological polar surface area (TPSA) is 117 Å². The zero-order chi connectivity index (χ0) is 26.8. The van der Waals surface area contributed by atoms with E-state index >= 15 is 0 Å². The first-order valence-electron chi connectivity index (χ1n) is 12.3. The summed E-state index contributed by atoms with van der Waals surface area (Å²) in [6.07, 6.45) is 1.76. The standard InChI is InChI=1S/C28H24N8O2S/c1-18-9-3-5-12-22(18)36-25(32-33-28(36)39-17-26(37)31-24-15-19(2)38-34-24)16-35-23-13-6-4-10-20(23)30-27(35)21-11-7-8-14-29-21/h3-15H,16-17H2,1-2H3,(H,31,34,37). The zero-order valence-corrected chi connectivity index (χ0v) is 22.1. The van der Waals surface area contributed by atoms with Gasteiger partial charge in [-0.05, 0) is 49.7 Å². The molecule has 0 unspecified atom stereocenters. The molecule has 0 aliphatic rings. The number of nitrogens with zero attached hydrogens (tertiary/aromatic N) is 7. The Morgan fingerprint density at radius 3 is 2.62 bits per heavy atom. The van der Waals surface area contributed by atoms with E-state index in [0.29, 0.717) is 29.1 Å². The molecule has 6 rings (SSSR count). The Morgan fingerprint density at radius 2 is 1.82 bits per heavy atom. The Labute approximate surface area is 228 Å². The number of rotatable bonds is 8. The fourth-order valence-electron chi connectivity index (χ4n) is 4.35. The van der Waals surface area contributed by atoms with Crippen LogP contribution >= 0.6 is 11.8 Å². The van der Waals surface area contributed by atoms with Crippen LogP contribution in [0.5, 0.6) is 0 Å². The highest BCUT2D eigenvalue weighted by Crippen LogP contribution is 2.28. The second-order valence-electron chi connectivity index (χ2n) is 8.91. The van der Waals surface area contributed by atoms with Crippen molar-refractivity contribution in [3.05, 3.63) is 96.1 Å². The maximum atomic E-state index is 12.6. The number of hydrogen-bond donors (Lipinski definition) is 1. The molecule has 194 valence electrons. The van der Waals surface area contributed by atoms with Gasteiger partial charge in [-0.15, -0.1) is 10.2 Å². The van der Waals surface area contributed by atoms with E-state index in [1.807, 2.05) is 78.2 Å². The number of aryl methyl sites for hydroxylation is 2. The van der Waals surface area contributed by atoms with E-state index in [2.05, 4.69) is 30.2 Å². The van der Waals surface area contributed by atoms with Crippen LogP contribution < -0.4 is 5.32 Å². The number of pyridine rings is 1. The van der Waals surface area contributed by atoms with Crippen LogP contribution in [0.3, 0.4) is 0 Å². The fourth-order valence-corrected chi connectivity index (χ4v) is 5.12. The number of benzene rings is 2. The van der Waals surface area contributed by atoms with Crippen molar-refractivity contribution in [2.75, 3.05) is 11.1 Å². The van der Waals surface area contributed by atoms with E-state index in [0.717, 1.165) is 33.8 Å². The third kappa shape index (κ3) is 5.04. The second kappa shape index (κ2) is 10.5. The molecular formula is C28H24N8O2S. The summed E-state index contributed by atoms with van der Waals surface area (Å²) in [6, 6.07) is 23.5. The van der Waals surface area contributed by atoms with E-state index in [1.54, 1.807) is 19.2 Å². The first-order valence-corrected chi connectivity index (χ1v) is 13.3. The predicted molar refractivity (Wildman–Crippen MR) is 149 cm³/mol. The lowest BCUT2D eigenvalue weighted by Crippen LogP contribution is -2.15. The number of aromatic nitrogens is 7. The molecule has 0 saturated heterocycles. The SMILES string of the molecule is Cc1cc(NC(=O)CSc2nnc(Cn3c(-c4ccccn4)nc4ccccc43)n2-c2ccccc2C)no1. The van der Waals surface area contributed by atoms with Gasteiger partial charge < -0.3 is 14.4 Å². The third-order valence-electron chi connectivity index (χ3n) is 6.13. The van der Waals surface area contributed by atoms with Crippen molar-refractivity contribution in [3.63, 3.8) is 0 Å². The van der Waals surface area contributed by atoms with Crippen LogP contribution in [0, 0.1) is 13.8 Å². The summed E-state index contributed by atoms with van der Waals surface area (Å²) in [5.41, 5.74) is 4.60. The first kappa shape index (κ1) is 24.6. The minimum atomic E-state index is -0.216. The van der Waals surface area contributed by atoms with Gasteiger partial charge in [0.25, 0.3) is 0 Å². The van der Waals surface area contributed by atoms with Gasteiger partial charge in [0.15, 0.2) is 22.6 Å². The zero-order valence-electron chi connectivity index (χ0n) is 21.3. The van der Waals surface area contributed by atoms with Crippen LogP contribution in [-0.2, 0) is 11.3 Å². The Kier molecular flexibility index (Phi) is 6.64. The largest absolute Gasteiger partial charge is 0.360 e. The molecule has 6 aromatic rings. The summed E-state index contributed by atoms with van der Waals surface area (Å²) in [6.45, 7) is 4.21. The van der Waals surface area contributed by atoms with E-state index in [1.165, 1.54) is 11.8 Å². The van der Waals surface area contributed by atoms with Gasteiger partial charge in [-0.1, -0.05) is 53.3 Å². The van der Waals surface area contributed by atoms with Crippen molar-refractivity contribution < 1.29 is 9.32 Å². The van der Waals surface area contributed by atoms with Gasteiger partial charge >= 0.3 is 0 Å². The summed E-state index contributed by atoms with van der Waals surface area (Å²) in [5, 5.41) is 16.3. The smallest absolute Gasteiger partial charge is 0.236 e. The molecule has 0 atom stereocenters. The maximum Gasteiger partial charge on any atom is 0.236 e. The van der Waals surface area contributed by atoms with Gasteiger partial charge in [0.2, 0.25) is 5.91 Å². The van der Waals surface area contributed by atoms with Crippen LogP contribution in [0.25, 0.3) is 28.2 Å². The molecule has 2 aromatic carbocycles. The van der Waals surface area contributed by atoms with Crippen molar-refractivity contribution in [3.8, 4) is 17.2 Å². The minimum Gasteiger partial charge on any atom is -0.360 e. The fraction of sp³-hybridized carbons (Fsp3) is 0.143. The number of fused-ring (bicyclic) bond motifs is 1. The molecular weight excluding hydrogens is 512 g/mol. The number of hydrogen-bond acceptors (Lipinski definition) is 8. The molecule has 1 amide bonds. The molecule has 0 saturated carbocycles. The summed E-state index contributed by atoms with van der Waals surface area (Å²) in [7, 11) is 0. The lowest BCUT2D eigenvalue weighted by atomic mass is 10.2. The van der Waals surface area contributed by atoms with Gasteiger partial charge in [0.05, 0.1) is 29.0 Å². The molecule has 39 heavy (non-hydrogen) atoms. The predicted octanol–water partition coefficient (Wildman–Crippen LogP) is 5.06. The normalized spacial score (nSPS) is 11.2. The highest BCUT2D eigenvalue weighted by Gasteiger charge is 2.21. The quantitative estimate of drug-likeness (QED) is 0.268. The average molecular weight is 537 g/mol. The number of thioether (sulfide) groups is 1. The second-order valence-corrected chi connectivity index (χ2v) is 9.85. The number of anilines is 1. The molecule has 10 nitrogen and oxygen atoms in total. The Balaban J connectivity index is 1.37. The number of carbonyl (C=O) groups excluding carboxylic acids is 1. The van der Waals surface area contributed by atoms with E-state index in [-0.39, 0.29) is 11.7 Å². The van der Waals surface area contributed by atoms with Crippen molar-refractivity contribution >= 4 is 34.5 Å². The molecule has 0 spiro atoms. The van der Waals surface area contributed by atoms with E-state index in [4.69, 9.17) is 9.51 Å². The van der Waals surface area contributed by atoms with Crippen molar-refractivity contribution in [1.29, 1.82) is 0 Å². The molecule has 0 bridgehead atoms. The summed E-state index contributed by atoms with van der Waals surface area (Å²) in [4.78, 5) is 22.1. The van der Waals surface area contributed by atoms with Crippen LogP contribution in [0.1, 0.15) is 17.1 Å². The molecule has 11 heteroatoms. The number of nitrogens with one attached hydrogen (secondary N) is 1. The van der Waals surface area contributed by atoms with Crippen LogP contribution in [0.15, 0.2) is 88.7 Å². The summed E-state index contributed by atoms with van der Waals surface area (Å²) < 4.78 is 9.14. The maximum absolute atomic E-state index is 12.6. The molecule has 0 aliphatic heterocycles. The van der Waals surface area contributed by atoms with E-state index in [9.17, 15) is 4.79 Å².